The quantitative estimate of drug-likeness (QED) is 0.0199. The maximum absolute atomic E-state index is 13.5. The molecule has 19 nitrogen and oxygen atoms in total. The van der Waals surface area contributed by atoms with Crippen LogP contribution in [0.1, 0.15) is 316 Å². The number of ether oxygens (including phenoxy) is 6. The number of hydrogen-bond donors (Lipinski definition) is 12. The second kappa shape index (κ2) is 66.3. The van der Waals surface area contributed by atoms with Gasteiger partial charge in [-0.25, -0.2) is 0 Å². The predicted octanol–water partition coefficient (Wildman–Crippen LogP) is 15.1. The lowest BCUT2D eigenvalue weighted by Crippen LogP contribution is -2.66. The monoisotopic (exact) mass is 1500 g/mol. The second-order valence-electron chi connectivity index (χ2n) is 29.9. The Kier molecular flexibility index (Phi) is 60.6. The van der Waals surface area contributed by atoms with Gasteiger partial charge in [-0.05, 0) is 77.0 Å². The molecule has 17 atom stereocenters. The van der Waals surface area contributed by atoms with Crippen LogP contribution in [-0.4, -0.2) is 193 Å². The van der Waals surface area contributed by atoms with Crippen LogP contribution >= 0.6 is 0 Å². The Morgan fingerprint density at radius 2 is 0.651 bits per heavy atom. The molecule has 3 heterocycles. The first kappa shape index (κ1) is 96.9. The molecule has 0 aromatic carbocycles. The van der Waals surface area contributed by atoms with Crippen LogP contribution in [-0.2, 0) is 33.2 Å². The van der Waals surface area contributed by atoms with Crippen molar-refractivity contribution in [2.75, 3.05) is 26.4 Å². The van der Waals surface area contributed by atoms with Crippen molar-refractivity contribution in [3.05, 3.63) is 97.2 Å². The Balaban J connectivity index is 1.37. The molecule has 3 rings (SSSR count). The zero-order valence-electron chi connectivity index (χ0n) is 65.9. The van der Waals surface area contributed by atoms with Crippen molar-refractivity contribution in [1.29, 1.82) is 0 Å². The van der Waals surface area contributed by atoms with E-state index in [4.69, 9.17) is 28.4 Å². The third kappa shape index (κ3) is 45.3. The van der Waals surface area contributed by atoms with E-state index >= 15 is 0 Å². The molecule has 19 heteroatoms. The van der Waals surface area contributed by atoms with Crippen molar-refractivity contribution in [2.45, 2.75) is 420 Å². The lowest BCUT2D eigenvalue weighted by molar-refractivity contribution is -0.379. The Hall–Kier alpha value is -3.29. The summed E-state index contributed by atoms with van der Waals surface area (Å²) in [5, 5.41) is 121. The standard InChI is InChI=1S/C87H153NO18/c1-3-5-7-9-11-13-15-17-19-21-23-25-27-29-31-33-34-35-37-38-40-42-44-46-48-50-52-54-56-58-60-62-64-71(92)70(88-75(93)65-63-61-59-57-55-53-51-49-47-45-43-41-39-36-32-30-28-26-24-22-20-18-16-14-12-10-8-6-4-2)69-101-85-81(99)78(96)83(73(67-90)103-85)106-87-82(100)79(97)84(74(68-91)104-87)105-86-80(98)77(95)76(94)72(66-89)102-86/h6,8,12,14,18,20,24,26,30,32,39,41,45,47,62,64,70-74,76-87,89-92,94-100H,3-5,7,9-11,13,15-17,19,21-23,25,27-29,31,33-38,40,42-44,46,48-61,63,65-69H2,1-2H3,(H,88,93)/b8-6-,14-12-,20-18-,26-24-,32-30-,41-39-,47-45-,64-62+. The summed E-state index contributed by atoms with van der Waals surface area (Å²) in [6.07, 6.45) is 63.9. The van der Waals surface area contributed by atoms with Crippen LogP contribution in [0.25, 0.3) is 0 Å². The van der Waals surface area contributed by atoms with Crippen molar-refractivity contribution in [1.82, 2.24) is 5.32 Å². The fourth-order valence-electron chi connectivity index (χ4n) is 13.9. The van der Waals surface area contributed by atoms with Gasteiger partial charge in [0, 0.05) is 6.42 Å². The van der Waals surface area contributed by atoms with Crippen molar-refractivity contribution in [3.8, 4) is 0 Å². The number of hydrogen-bond acceptors (Lipinski definition) is 18. The topological polar surface area (TPSA) is 307 Å². The average Bonchev–Trinajstić information content (AvgIpc) is 0.781. The second-order valence-corrected chi connectivity index (χ2v) is 29.9. The number of rotatable bonds is 67. The first-order valence-corrected chi connectivity index (χ1v) is 42.5. The van der Waals surface area contributed by atoms with Gasteiger partial charge in [0.25, 0.3) is 0 Å². The summed E-state index contributed by atoms with van der Waals surface area (Å²) in [4.78, 5) is 13.5. The fraction of sp³-hybridized carbons (Fsp3) is 0.805. The van der Waals surface area contributed by atoms with E-state index in [0.717, 1.165) is 116 Å². The average molecular weight is 1500 g/mol. The van der Waals surface area contributed by atoms with E-state index < -0.39 is 124 Å². The van der Waals surface area contributed by atoms with Gasteiger partial charge in [0.1, 0.15) is 73.2 Å². The maximum atomic E-state index is 13.5. The van der Waals surface area contributed by atoms with Crippen molar-refractivity contribution in [2.24, 2.45) is 0 Å². The molecule has 3 saturated heterocycles. The first-order chi connectivity index (χ1) is 51.8. The SMILES string of the molecule is CC/C=C\C/C=C\C/C=C\C/C=C\C/C=C\C/C=C\C/C=C\CCCCCCCCCC(=O)NC(COC1OC(CO)C(OC2OC(CO)C(OC3OC(CO)C(O)C(O)C3O)C(O)C2O)C(O)C1O)C(O)/C=C/CCCCCCCCCCCCCCCCCCCCCCCCCCCCCCCC. The number of allylic oxidation sites excluding steroid dienone is 15. The summed E-state index contributed by atoms with van der Waals surface area (Å²) < 4.78 is 34.5. The van der Waals surface area contributed by atoms with Gasteiger partial charge in [0.05, 0.1) is 38.6 Å². The zero-order valence-corrected chi connectivity index (χ0v) is 65.9. The van der Waals surface area contributed by atoms with Gasteiger partial charge in [-0.2, -0.15) is 0 Å². The Morgan fingerprint density at radius 3 is 1.02 bits per heavy atom. The van der Waals surface area contributed by atoms with E-state index in [0.29, 0.717) is 6.42 Å². The van der Waals surface area contributed by atoms with Crippen LogP contribution in [0.3, 0.4) is 0 Å². The predicted molar refractivity (Wildman–Crippen MR) is 424 cm³/mol. The van der Waals surface area contributed by atoms with Crippen LogP contribution < -0.4 is 5.32 Å². The van der Waals surface area contributed by atoms with Gasteiger partial charge in [-0.3, -0.25) is 4.79 Å². The fourth-order valence-corrected chi connectivity index (χ4v) is 13.9. The highest BCUT2D eigenvalue weighted by molar-refractivity contribution is 5.76. The molecule has 0 spiro atoms. The van der Waals surface area contributed by atoms with Gasteiger partial charge in [-0.15, -0.1) is 0 Å². The molecule has 3 fully saturated rings. The molecule has 3 aliphatic heterocycles. The van der Waals surface area contributed by atoms with Crippen molar-refractivity contribution < 1.29 is 89.4 Å². The van der Waals surface area contributed by atoms with E-state index in [1.807, 2.05) is 6.08 Å². The molecule has 106 heavy (non-hydrogen) atoms. The Morgan fingerprint density at radius 1 is 0.349 bits per heavy atom. The van der Waals surface area contributed by atoms with E-state index in [2.05, 4.69) is 104 Å². The van der Waals surface area contributed by atoms with Crippen LogP contribution in [0.4, 0.5) is 0 Å². The third-order valence-corrected chi connectivity index (χ3v) is 20.6. The number of unbranched alkanes of at least 4 members (excludes halogenated alkanes) is 37. The number of aliphatic hydroxyl groups is 11. The molecule has 1 amide bonds. The summed E-state index contributed by atoms with van der Waals surface area (Å²) in [6, 6.07) is -0.989. The molecule has 0 saturated carbocycles. The number of amides is 1. The lowest BCUT2D eigenvalue weighted by Gasteiger charge is -2.48. The van der Waals surface area contributed by atoms with Crippen LogP contribution in [0.2, 0.25) is 0 Å². The highest BCUT2D eigenvalue weighted by Gasteiger charge is 2.54. The van der Waals surface area contributed by atoms with Crippen molar-refractivity contribution in [3.63, 3.8) is 0 Å². The molecule has 0 radical (unpaired) electrons. The summed E-state index contributed by atoms with van der Waals surface area (Å²) in [5.41, 5.74) is 0. The lowest BCUT2D eigenvalue weighted by atomic mass is 9.96. The van der Waals surface area contributed by atoms with E-state index in [1.54, 1.807) is 6.08 Å². The van der Waals surface area contributed by atoms with Crippen LogP contribution in [0.5, 0.6) is 0 Å². The maximum Gasteiger partial charge on any atom is 0.220 e. The molecule has 0 aliphatic carbocycles. The van der Waals surface area contributed by atoms with E-state index in [1.165, 1.54) is 173 Å². The molecule has 3 aliphatic rings. The summed E-state index contributed by atoms with van der Waals surface area (Å²) in [6.45, 7) is 1.64. The molecule has 12 N–H and O–H groups in total. The highest BCUT2D eigenvalue weighted by Crippen LogP contribution is 2.33. The molecule has 0 bridgehead atoms. The molecular formula is C87H153NO18. The van der Waals surface area contributed by atoms with Crippen LogP contribution in [0.15, 0.2) is 97.2 Å². The molecular weight excluding hydrogens is 1350 g/mol. The van der Waals surface area contributed by atoms with Crippen LogP contribution in [0, 0.1) is 0 Å². The highest BCUT2D eigenvalue weighted by atomic mass is 16.8. The number of nitrogens with one attached hydrogen (secondary N) is 1. The van der Waals surface area contributed by atoms with Gasteiger partial charge in [0.15, 0.2) is 18.9 Å². The zero-order chi connectivity index (χ0) is 76.7. The molecule has 17 unspecified atom stereocenters. The smallest absolute Gasteiger partial charge is 0.220 e. The van der Waals surface area contributed by atoms with Gasteiger partial charge < -0.3 is 89.9 Å². The third-order valence-electron chi connectivity index (χ3n) is 20.6. The van der Waals surface area contributed by atoms with Gasteiger partial charge in [0.2, 0.25) is 5.91 Å². The Bertz CT molecular complexity index is 2290. The Labute approximate surface area is 641 Å². The van der Waals surface area contributed by atoms with Crippen molar-refractivity contribution >= 4 is 5.91 Å². The summed E-state index contributed by atoms with van der Waals surface area (Å²) >= 11 is 0. The molecule has 0 aromatic heterocycles. The van der Waals surface area contributed by atoms with E-state index in [-0.39, 0.29) is 18.9 Å². The van der Waals surface area contributed by atoms with Gasteiger partial charge >= 0.3 is 0 Å². The van der Waals surface area contributed by atoms with E-state index in [9.17, 15) is 61.0 Å². The molecule has 614 valence electrons. The molecule has 0 aromatic rings. The minimum atomic E-state index is -1.99. The number of aliphatic hydroxyl groups excluding tert-OH is 11. The largest absolute Gasteiger partial charge is 0.394 e. The number of carbonyl (C=O) groups excluding carboxylic acids is 1. The minimum Gasteiger partial charge on any atom is -0.394 e. The summed E-state index contributed by atoms with van der Waals surface area (Å²) in [7, 11) is 0. The minimum absolute atomic E-state index is 0.225. The normalized spacial score (nSPS) is 26.1. The number of carbonyl (C=O) groups is 1. The summed E-state index contributed by atoms with van der Waals surface area (Å²) in [5.74, 6) is -0.287. The van der Waals surface area contributed by atoms with Gasteiger partial charge in [-0.1, -0.05) is 329 Å². The first-order valence-electron chi connectivity index (χ1n) is 42.5.